The zero-order chi connectivity index (χ0) is 26.6. The van der Waals surface area contributed by atoms with E-state index in [2.05, 4.69) is 19.8 Å². The van der Waals surface area contributed by atoms with E-state index in [0.717, 1.165) is 0 Å². The number of pyridine rings is 1. The number of anilines is 1. The number of rotatable bonds is 6. The third kappa shape index (κ3) is 6.55. The molecular formula is C21H17Cl3F3N5O3S. The molecule has 3 aromatic rings. The van der Waals surface area contributed by atoms with E-state index in [-0.39, 0.29) is 32.1 Å². The number of carbonyl (C=O) groups is 2. The summed E-state index contributed by atoms with van der Waals surface area (Å²) in [6, 6.07) is 5.87. The molecule has 0 spiro atoms. The molecule has 0 bridgehead atoms. The molecule has 0 aliphatic carbocycles. The molecule has 0 aliphatic heterocycles. The van der Waals surface area contributed by atoms with Crippen LogP contribution in [-0.2, 0) is 16.9 Å². The van der Waals surface area contributed by atoms with Gasteiger partial charge < -0.3 is 4.74 Å². The Balaban J connectivity index is 1.98. The quantitative estimate of drug-likeness (QED) is 0.343. The van der Waals surface area contributed by atoms with Crippen molar-refractivity contribution in [3.05, 3.63) is 62.9 Å². The van der Waals surface area contributed by atoms with Crippen molar-refractivity contribution in [2.24, 2.45) is 4.36 Å². The fourth-order valence-electron chi connectivity index (χ4n) is 2.85. The van der Waals surface area contributed by atoms with Crippen LogP contribution in [0.4, 0.5) is 23.7 Å². The van der Waals surface area contributed by atoms with Crippen LogP contribution < -0.4 is 10.1 Å². The minimum atomic E-state index is -4.85. The van der Waals surface area contributed by atoms with Crippen molar-refractivity contribution in [2.45, 2.75) is 20.0 Å². The lowest BCUT2D eigenvalue weighted by molar-refractivity contribution is -0.141. The molecule has 2 aromatic heterocycles. The maximum Gasteiger partial charge on any atom is 0.435 e. The van der Waals surface area contributed by atoms with E-state index in [1.165, 1.54) is 30.5 Å². The second kappa shape index (κ2) is 11.6. The van der Waals surface area contributed by atoms with Gasteiger partial charge in [0.05, 0.1) is 21.3 Å². The van der Waals surface area contributed by atoms with Crippen molar-refractivity contribution in [2.75, 3.05) is 16.8 Å². The highest BCUT2D eigenvalue weighted by Gasteiger charge is 2.36. The molecule has 15 heteroatoms. The van der Waals surface area contributed by atoms with Crippen molar-refractivity contribution in [3.63, 3.8) is 0 Å². The highest BCUT2D eigenvalue weighted by Crippen LogP contribution is 2.34. The van der Waals surface area contributed by atoms with Gasteiger partial charge >= 0.3 is 12.3 Å². The number of benzene rings is 1. The Hall–Kier alpha value is -2.67. The van der Waals surface area contributed by atoms with Gasteiger partial charge in [-0.25, -0.2) is 9.78 Å². The van der Waals surface area contributed by atoms with Gasteiger partial charge in [0.15, 0.2) is 11.5 Å². The summed E-state index contributed by atoms with van der Waals surface area (Å²) in [4.78, 5) is 29.4. The van der Waals surface area contributed by atoms with Crippen LogP contribution in [0, 0.1) is 0 Å². The van der Waals surface area contributed by atoms with E-state index in [9.17, 15) is 22.8 Å². The molecule has 0 radical (unpaired) electrons. The molecular weight excluding hydrogens is 566 g/mol. The Kier molecular flexibility index (Phi) is 8.98. The third-order valence-corrected chi connectivity index (χ3v) is 7.06. The first-order valence-electron chi connectivity index (χ1n) is 10.1. The average Bonchev–Trinajstić information content (AvgIpc) is 3.23. The number of hydrogen-bond acceptors (Lipinski definition) is 5. The maximum atomic E-state index is 13.3. The molecule has 0 aliphatic rings. The van der Waals surface area contributed by atoms with Gasteiger partial charge in [-0.05, 0) is 24.3 Å². The Morgan fingerprint density at radius 2 is 1.83 bits per heavy atom. The SMILES string of the molecule is CCS(CC)=NC(=O)c1cc(Cl)cc(Cl)c1NC(=O)Oc1cc(C(F)(F)F)nn1-c1ncccc1Cl. The van der Waals surface area contributed by atoms with Crippen LogP contribution in [-0.4, -0.2) is 38.3 Å². The van der Waals surface area contributed by atoms with E-state index in [0.29, 0.717) is 22.3 Å². The number of hydrogen-bond donors (Lipinski definition) is 1. The van der Waals surface area contributed by atoms with Crippen LogP contribution in [0.3, 0.4) is 0 Å². The van der Waals surface area contributed by atoms with E-state index >= 15 is 0 Å². The molecule has 0 atom stereocenters. The van der Waals surface area contributed by atoms with Gasteiger partial charge in [-0.1, -0.05) is 59.3 Å². The summed E-state index contributed by atoms with van der Waals surface area (Å²) >= 11 is 18.3. The lowest BCUT2D eigenvalue weighted by atomic mass is 10.1. The summed E-state index contributed by atoms with van der Waals surface area (Å²) in [5.74, 6) is -0.262. The standard InChI is InChI=1S/C21H17Cl3F3N5O3S/c1-3-36(4-2)31-19(33)12-8-11(22)9-14(24)17(12)29-20(34)35-16-10-15(21(25,26)27)30-32(16)18-13(23)6-5-7-28-18/h5-10H,3-4H2,1-2H3,(H,29,34). The number of amides is 2. The monoisotopic (exact) mass is 581 g/mol. The molecule has 0 fully saturated rings. The highest BCUT2D eigenvalue weighted by molar-refractivity contribution is 7.87. The molecule has 192 valence electrons. The van der Waals surface area contributed by atoms with E-state index in [1.807, 2.05) is 13.8 Å². The van der Waals surface area contributed by atoms with Crippen molar-refractivity contribution in [1.82, 2.24) is 14.8 Å². The van der Waals surface area contributed by atoms with Crippen LogP contribution >= 0.6 is 34.8 Å². The molecule has 3 rings (SSSR count). The lowest BCUT2D eigenvalue weighted by Gasteiger charge is -2.13. The molecule has 1 aromatic carbocycles. The van der Waals surface area contributed by atoms with Gasteiger partial charge in [-0.15, -0.1) is 0 Å². The predicted octanol–water partition coefficient (Wildman–Crippen LogP) is 6.84. The Labute approximate surface area is 220 Å². The number of aromatic nitrogens is 3. The summed E-state index contributed by atoms with van der Waals surface area (Å²) in [6.45, 7) is 3.74. The summed E-state index contributed by atoms with van der Waals surface area (Å²) in [5, 5.41) is 5.67. The van der Waals surface area contributed by atoms with Crippen molar-refractivity contribution in [1.29, 1.82) is 0 Å². The third-order valence-electron chi connectivity index (χ3n) is 4.49. The Morgan fingerprint density at radius 3 is 2.44 bits per heavy atom. The number of carbonyl (C=O) groups excluding carboxylic acids is 2. The molecule has 0 unspecified atom stereocenters. The van der Waals surface area contributed by atoms with Gasteiger partial charge in [-0.3, -0.25) is 10.1 Å². The van der Waals surface area contributed by atoms with E-state index in [1.54, 1.807) is 0 Å². The van der Waals surface area contributed by atoms with Crippen LogP contribution in [0.2, 0.25) is 15.1 Å². The molecule has 0 saturated carbocycles. The summed E-state index contributed by atoms with van der Waals surface area (Å²) in [5.41, 5.74) is -1.63. The Morgan fingerprint density at radius 1 is 1.14 bits per heavy atom. The fourth-order valence-corrected chi connectivity index (χ4v) is 4.59. The largest absolute Gasteiger partial charge is 0.435 e. The number of alkyl halides is 3. The van der Waals surface area contributed by atoms with Crippen molar-refractivity contribution < 1.29 is 27.5 Å². The van der Waals surface area contributed by atoms with Gasteiger partial charge in [-0.2, -0.15) is 27.3 Å². The van der Waals surface area contributed by atoms with Crippen molar-refractivity contribution >= 4 is 63.2 Å². The van der Waals surface area contributed by atoms with Crippen molar-refractivity contribution in [3.8, 4) is 11.7 Å². The van der Waals surface area contributed by atoms with Crippen LogP contribution in [0.15, 0.2) is 40.9 Å². The highest BCUT2D eigenvalue weighted by atomic mass is 35.5. The average molecular weight is 583 g/mol. The number of ether oxygens (including phenoxy) is 1. The molecule has 2 amide bonds. The summed E-state index contributed by atoms with van der Waals surface area (Å²) < 4.78 is 49.8. The predicted molar refractivity (Wildman–Crippen MR) is 133 cm³/mol. The minimum absolute atomic E-state index is 0.0444. The van der Waals surface area contributed by atoms with Crippen LogP contribution in [0.1, 0.15) is 29.9 Å². The molecule has 2 heterocycles. The zero-order valence-electron chi connectivity index (χ0n) is 18.6. The number of nitrogens with zero attached hydrogens (tertiary/aromatic N) is 4. The van der Waals surface area contributed by atoms with E-state index in [4.69, 9.17) is 39.5 Å². The first kappa shape index (κ1) is 27.9. The van der Waals surface area contributed by atoms with Gasteiger partial charge in [0.25, 0.3) is 5.91 Å². The molecule has 1 N–H and O–H groups in total. The van der Waals surface area contributed by atoms with Crippen LogP contribution in [0.5, 0.6) is 5.88 Å². The topological polar surface area (TPSA) is 98.5 Å². The van der Waals surface area contributed by atoms with E-state index < -0.39 is 40.4 Å². The number of halogens is 6. The summed E-state index contributed by atoms with van der Waals surface area (Å²) in [7, 11) is -0.559. The lowest BCUT2D eigenvalue weighted by Crippen LogP contribution is -2.20. The summed E-state index contributed by atoms with van der Waals surface area (Å²) in [6.07, 6.45) is -4.84. The fraction of sp³-hybridized carbons (Fsp3) is 0.238. The minimum Gasteiger partial charge on any atom is -0.391 e. The second-order valence-corrected chi connectivity index (χ2v) is 10.4. The van der Waals surface area contributed by atoms with Crippen LogP contribution in [0.25, 0.3) is 5.82 Å². The second-order valence-electron chi connectivity index (χ2n) is 6.85. The van der Waals surface area contributed by atoms with Gasteiger partial charge in [0, 0.05) is 28.8 Å². The first-order valence-corrected chi connectivity index (χ1v) is 12.8. The van der Waals surface area contributed by atoms with Gasteiger partial charge in [0.1, 0.15) is 0 Å². The first-order chi connectivity index (χ1) is 16.9. The van der Waals surface area contributed by atoms with Gasteiger partial charge in [0.2, 0.25) is 5.88 Å². The normalized spacial score (nSPS) is 11.5. The maximum absolute atomic E-state index is 13.3. The molecule has 0 saturated heterocycles. The zero-order valence-corrected chi connectivity index (χ0v) is 21.7. The number of nitrogens with one attached hydrogen (secondary N) is 1. The molecule has 36 heavy (non-hydrogen) atoms. The smallest absolute Gasteiger partial charge is 0.391 e. The Bertz CT molecular complexity index is 1340. The molecule has 8 nitrogen and oxygen atoms in total.